The molecular weight excluding hydrogens is 427 g/mol. The highest BCUT2D eigenvalue weighted by molar-refractivity contribution is 7.89. The van der Waals surface area contributed by atoms with Gasteiger partial charge in [0.1, 0.15) is 10.7 Å². The summed E-state index contributed by atoms with van der Waals surface area (Å²) >= 11 is 5.81. The van der Waals surface area contributed by atoms with E-state index >= 15 is 0 Å². The van der Waals surface area contributed by atoms with Gasteiger partial charge < -0.3 is 0 Å². The zero-order valence-electron chi connectivity index (χ0n) is 14.9. The van der Waals surface area contributed by atoms with Gasteiger partial charge in [-0.15, -0.1) is 0 Å². The van der Waals surface area contributed by atoms with Crippen molar-refractivity contribution in [2.24, 2.45) is 0 Å². The molecule has 0 bridgehead atoms. The second-order valence-electron chi connectivity index (χ2n) is 6.51. The Morgan fingerprint density at radius 2 is 1.61 bits per heavy atom. The summed E-state index contributed by atoms with van der Waals surface area (Å²) in [5.41, 5.74) is 0.583. The molecule has 1 aliphatic heterocycles. The Hall–Kier alpha value is -1.52. The largest absolute Gasteiger partial charge is 0.243 e. The van der Waals surface area contributed by atoms with Crippen LogP contribution in [-0.4, -0.2) is 34.2 Å². The van der Waals surface area contributed by atoms with Gasteiger partial charge in [0.2, 0.25) is 20.0 Å². The molecule has 28 heavy (non-hydrogen) atoms. The lowest BCUT2D eigenvalue weighted by Crippen LogP contribution is -2.35. The van der Waals surface area contributed by atoms with Crippen LogP contribution in [-0.2, 0) is 26.6 Å². The molecule has 3 rings (SSSR count). The van der Waals surface area contributed by atoms with Gasteiger partial charge in [-0.1, -0.05) is 30.2 Å². The number of rotatable bonds is 6. The second kappa shape index (κ2) is 8.46. The quantitative estimate of drug-likeness (QED) is 0.738. The van der Waals surface area contributed by atoms with E-state index in [2.05, 4.69) is 4.72 Å². The Balaban J connectivity index is 1.70. The maximum absolute atomic E-state index is 13.1. The molecule has 0 spiro atoms. The van der Waals surface area contributed by atoms with Crippen molar-refractivity contribution in [3.8, 4) is 0 Å². The first-order valence-corrected chi connectivity index (χ1v) is 12.0. The molecule has 152 valence electrons. The minimum atomic E-state index is -3.94. The van der Waals surface area contributed by atoms with Crippen LogP contribution in [0.1, 0.15) is 24.8 Å². The number of hydrogen-bond donors (Lipinski definition) is 1. The summed E-state index contributed by atoms with van der Waals surface area (Å²) in [4.78, 5) is -0.0394. The van der Waals surface area contributed by atoms with Crippen LogP contribution in [0.2, 0.25) is 5.02 Å². The van der Waals surface area contributed by atoms with Crippen LogP contribution >= 0.6 is 11.6 Å². The molecule has 2 aromatic rings. The number of nitrogens with zero attached hydrogens (tertiary/aromatic N) is 1. The van der Waals surface area contributed by atoms with Gasteiger partial charge in [-0.2, -0.15) is 4.31 Å². The van der Waals surface area contributed by atoms with E-state index in [4.69, 9.17) is 11.6 Å². The van der Waals surface area contributed by atoms with Crippen molar-refractivity contribution in [1.29, 1.82) is 0 Å². The summed E-state index contributed by atoms with van der Waals surface area (Å²) in [5, 5.41) is -0.213. The topological polar surface area (TPSA) is 83.5 Å². The van der Waals surface area contributed by atoms with Crippen LogP contribution < -0.4 is 4.72 Å². The van der Waals surface area contributed by atoms with Gasteiger partial charge in [-0.25, -0.2) is 25.9 Å². The van der Waals surface area contributed by atoms with Crippen LogP contribution in [0.5, 0.6) is 0 Å². The van der Waals surface area contributed by atoms with Gasteiger partial charge in [-0.3, -0.25) is 0 Å². The lowest BCUT2D eigenvalue weighted by atomic mass is 10.2. The average molecular weight is 447 g/mol. The van der Waals surface area contributed by atoms with E-state index in [1.54, 1.807) is 12.1 Å². The normalized spacial score (nSPS) is 16.2. The molecule has 1 N–H and O–H groups in total. The highest BCUT2D eigenvalue weighted by atomic mass is 35.5. The predicted octanol–water partition coefficient (Wildman–Crippen LogP) is 3.13. The molecular formula is C18H20ClFN2O4S2. The third-order valence-corrected chi connectivity index (χ3v) is 8.32. The zero-order chi connectivity index (χ0) is 20.4. The standard InChI is InChI=1S/C18H20ClFN2O4S2/c19-17-12-15(20)6-9-18(17)27(23,24)21-13-14-4-7-16(8-5-14)28(25,26)22-10-2-1-3-11-22/h4-9,12,21H,1-3,10-11,13H2. The van der Waals surface area contributed by atoms with Crippen LogP contribution in [0.25, 0.3) is 0 Å². The Morgan fingerprint density at radius 1 is 0.964 bits per heavy atom. The summed E-state index contributed by atoms with van der Waals surface area (Å²) in [5.74, 6) is -0.630. The molecule has 0 radical (unpaired) electrons. The Bertz CT molecular complexity index is 1050. The molecule has 0 saturated carbocycles. The maximum atomic E-state index is 13.1. The molecule has 1 saturated heterocycles. The number of halogens is 2. The van der Waals surface area contributed by atoms with Crippen molar-refractivity contribution in [1.82, 2.24) is 9.03 Å². The van der Waals surface area contributed by atoms with Crippen LogP contribution in [0.4, 0.5) is 4.39 Å². The van der Waals surface area contributed by atoms with Crippen molar-refractivity contribution in [3.05, 3.63) is 58.9 Å². The summed E-state index contributed by atoms with van der Waals surface area (Å²) in [6, 6.07) is 9.10. The molecule has 0 atom stereocenters. The Morgan fingerprint density at radius 3 is 2.21 bits per heavy atom. The highest BCUT2D eigenvalue weighted by Crippen LogP contribution is 2.23. The first-order chi connectivity index (χ1) is 13.2. The first-order valence-electron chi connectivity index (χ1n) is 8.74. The second-order valence-corrected chi connectivity index (χ2v) is 10.6. The third-order valence-electron chi connectivity index (χ3n) is 4.53. The van der Waals surface area contributed by atoms with E-state index in [0.29, 0.717) is 18.7 Å². The maximum Gasteiger partial charge on any atom is 0.243 e. The molecule has 0 aromatic heterocycles. The SMILES string of the molecule is O=S(=O)(NCc1ccc(S(=O)(=O)N2CCCCC2)cc1)c1ccc(F)cc1Cl. The molecule has 0 unspecified atom stereocenters. The molecule has 0 aliphatic carbocycles. The van der Waals surface area contributed by atoms with Gasteiger partial charge in [0.25, 0.3) is 0 Å². The van der Waals surface area contributed by atoms with Crippen molar-refractivity contribution >= 4 is 31.6 Å². The van der Waals surface area contributed by atoms with Gasteiger partial charge >= 0.3 is 0 Å². The van der Waals surface area contributed by atoms with Crippen LogP contribution in [0.3, 0.4) is 0 Å². The van der Waals surface area contributed by atoms with Gasteiger partial charge in [0.05, 0.1) is 9.92 Å². The van der Waals surface area contributed by atoms with Gasteiger partial charge in [0.15, 0.2) is 0 Å². The molecule has 1 heterocycles. The van der Waals surface area contributed by atoms with Crippen LogP contribution in [0, 0.1) is 5.82 Å². The summed E-state index contributed by atoms with van der Waals surface area (Å²) in [6.45, 7) is 0.977. The fourth-order valence-electron chi connectivity index (χ4n) is 2.98. The molecule has 10 heteroatoms. The smallest absolute Gasteiger partial charge is 0.207 e. The first kappa shape index (κ1) is 21.2. The number of benzene rings is 2. The highest BCUT2D eigenvalue weighted by Gasteiger charge is 2.25. The molecule has 1 aliphatic rings. The Kier molecular flexibility index (Phi) is 6.41. The van der Waals surface area contributed by atoms with E-state index in [9.17, 15) is 21.2 Å². The van der Waals surface area contributed by atoms with Crippen LogP contribution in [0.15, 0.2) is 52.3 Å². The molecule has 1 fully saturated rings. The van der Waals surface area contributed by atoms with Crippen molar-refractivity contribution in [2.45, 2.75) is 35.6 Å². The molecule has 0 amide bonds. The fraction of sp³-hybridized carbons (Fsp3) is 0.333. The van der Waals surface area contributed by atoms with E-state index in [1.807, 2.05) is 0 Å². The van der Waals surface area contributed by atoms with E-state index in [1.165, 1.54) is 16.4 Å². The van der Waals surface area contributed by atoms with Crippen molar-refractivity contribution in [3.63, 3.8) is 0 Å². The third kappa shape index (κ3) is 4.72. The monoisotopic (exact) mass is 446 g/mol. The summed E-state index contributed by atoms with van der Waals surface area (Å²) < 4.78 is 66.9. The zero-order valence-corrected chi connectivity index (χ0v) is 17.3. The van der Waals surface area contributed by atoms with Crippen molar-refractivity contribution in [2.75, 3.05) is 13.1 Å². The Labute approximate surface area is 169 Å². The molecule has 2 aromatic carbocycles. The summed E-state index contributed by atoms with van der Waals surface area (Å²) in [7, 11) is -7.47. The summed E-state index contributed by atoms with van der Waals surface area (Å²) in [6.07, 6.45) is 2.74. The lowest BCUT2D eigenvalue weighted by molar-refractivity contribution is 0.346. The van der Waals surface area contributed by atoms with E-state index < -0.39 is 25.9 Å². The van der Waals surface area contributed by atoms with Gasteiger partial charge in [0, 0.05) is 19.6 Å². The van der Waals surface area contributed by atoms with E-state index in [-0.39, 0.29) is 21.4 Å². The van der Waals surface area contributed by atoms with E-state index in [0.717, 1.165) is 37.5 Å². The van der Waals surface area contributed by atoms with Crippen molar-refractivity contribution < 1.29 is 21.2 Å². The van der Waals surface area contributed by atoms with Gasteiger partial charge in [-0.05, 0) is 48.7 Å². The number of nitrogens with one attached hydrogen (secondary N) is 1. The molecule has 6 nitrogen and oxygen atoms in total. The minimum Gasteiger partial charge on any atom is -0.207 e. The number of hydrogen-bond acceptors (Lipinski definition) is 4. The minimum absolute atomic E-state index is 0.0555. The average Bonchev–Trinajstić information content (AvgIpc) is 2.67. The lowest BCUT2D eigenvalue weighted by Gasteiger charge is -2.25. The predicted molar refractivity (Wildman–Crippen MR) is 104 cm³/mol. The number of sulfonamides is 2. The number of piperidine rings is 1. The fourth-order valence-corrected chi connectivity index (χ4v) is 6.05.